The standard InChI is InChI=1S/C18H20BrN5O2/c1-18(2,3)26-17(25)22-10-13-8-11-4-5-12(19)9-14(11)24(13)15-6-7-21-16(20)23-15/h4-9H,10H2,1-3H3,(H,22,25)(H2,20,21,23). The van der Waals surface area contributed by atoms with Gasteiger partial charge in [-0.2, -0.15) is 4.98 Å². The van der Waals surface area contributed by atoms with E-state index in [1.165, 1.54) is 0 Å². The number of fused-ring (bicyclic) bond motifs is 1. The summed E-state index contributed by atoms with van der Waals surface area (Å²) >= 11 is 3.50. The van der Waals surface area contributed by atoms with Gasteiger partial charge >= 0.3 is 6.09 Å². The van der Waals surface area contributed by atoms with Gasteiger partial charge in [0.05, 0.1) is 12.1 Å². The molecular formula is C18H20BrN5O2. The Balaban J connectivity index is 1.99. The van der Waals surface area contributed by atoms with Crippen molar-refractivity contribution < 1.29 is 9.53 Å². The molecule has 0 saturated carbocycles. The third-order valence-electron chi connectivity index (χ3n) is 3.54. The molecule has 0 aliphatic heterocycles. The van der Waals surface area contributed by atoms with Gasteiger partial charge in [-0.25, -0.2) is 9.78 Å². The highest BCUT2D eigenvalue weighted by Crippen LogP contribution is 2.26. The number of nitrogens with two attached hydrogens (primary N) is 1. The Labute approximate surface area is 159 Å². The summed E-state index contributed by atoms with van der Waals surface area (Å²) in [7, 11) is 0. The van der Waals surface area contributed by atoms with Crippen molar-refractivity contribution in [2.24, 2.45) is 0 Å². The van der Waals surface area contributed by atoms with Gasteiger partial charge in [-0.15, -0.1) is 0 Å². The number of nitrogens with zero attached hydrogens (tertiary/aromatic N) is 3. The minimum atomic E-state index is -0.553. The van der Waals surface area contributed by atoms with E-state index in [2.05, 4.69) is 31.2 Å². The molecule has 2 heterocycles. The highest BCUT2D eigenvalue weighted by Gasteiger charge is 2.18. The van der Waals surface area contributed by atoms with Gasteiger partial charge < -0.3 is 15.8 Å². The van der Waals surface area contributed by atoms with Crippen LogP contribution in [0.4, 0.5) is 10.7 Å². The molecule has 1 amide bonds. The first kappa shape index (κ1) is 18.2. The molecule has 3 aromatic rings. The number of amides is 1. The van der Waals surface area contributed by atoms with Gasteiger partial charge in [0.25, 0.3) is 0 Å². The third-order valence-corrected chi connectivity index (χ3v) is 4.04. The van der Waals surface area contributed by atoms with Crippen molar-refractivity contribution in [1.82, 2.24) is 19.9 Å². The number of halogens is 1. The van der Waals surface area contributed by atoms with E-state index < -0.39 is 11.7 Å². The summed E-state index contributed by atoms with van der Waals surface area (Å²) in [6.07, 6.45) is 1.13. The number of nitrogens with one attached hydrogen (secondary N) is 1. The summed E-state index contributed by atoms with van der Waals surface area (Å²) in [5.74, 6) is 0.817. The van der Waals surface area contributed by atoms with Crippen LogP contribution in [0.1, 0.15) is 26.5 Å². The van der Waals surface area contributed by atoms with Crippen molar-refractivity contribution in [2.75, 3.05) is 5.73 Å². The van der Waals surface area contributed by atoms with Crippen molar-refractivity contribution in [3.8, 4) is 5.82 Å². The Hall–Kier alpha value is -2.61. The van der Waals surface area contributed by atoms with Crippen LogP contribution in [0.15, 0.2) is 41.0 Å². The molecular weight excluding hydrogens is 398 g/mol. The fraction of sp³-hybridized carbons (Fsp3) is 0.278. The van der Waals surface area contributed by atoms with Gasteiger partial charge in [0.15, 0.2) is 0 Å². The Morgan fingerprint density at radius 1 is 1.31 bits per heavy atom. The molecule has 0 bridgehead atoms. The quantitative estimate of drug-likeness (QED) is 0.675. The van der Waals surface area contributed by atoms with Crippen LogP contribution in [-0.2, 0) is 11.3 Å². The number of benzene rings is 1. The van der Waals surface area contributed by atoms with Crippen molar-refractivity contribution in [3.05, 3.63) is 46.7 Å². The lowest BCUT2D eigenvalue weighted by atomic mass is 10.2. The molecule has 0 saturated heterocycles. The van der Waals surface area contributed by atoms with Crippen molar-refractivity contribution in [2.45, 2.75) is 32.9 Å². The summed E-state index contributed by atoms with van der Waals surface area (Å²) in [4.78, 5) is 20.3. The number of carbonyl (C=O) groups is 1. The maximum atomic E-state index is 12.0. The zero-order chi connectivity index (χ0) is 18.9. The minimum absolute atomic E-state index is 0.186. The van der Waals surface area contributed by atoms with Crippen LogP contribution in [0.3, 0.4) is 0 Å². The van der Waals surface area contributed by atoms with Crippen LogP contribution >= 0.6 is 15.9 Å². The lowest BCUT2D eigenvalue weighted by Gasteiger charge is -2.20. The van der Waals surface area contributed by atoms with Gasteiger partial charge in [-0.1, -0.05) is 22.0 Å². The molecule has 0 radical (unpaired) electrons. The second kappa shape index (κ2) is 6.95. The Kier molecular flexibility index (Phi) is 4.86. The molecule has 26 heavy (non-hydrogen) atoms. The molecule has 7 nitrogen and oxygen atoms in total. The van der Waals surface area contributed by atoms with Gasteiger partial charge in [0.1, 0.15) is 11.4 Å². The molecule has 0 aliphatic rings. The Morgan fingerprint density at radius 3 is 2.77 bits per heavy atom. The average Bonchev–Trinajstić information content (AvgIpc) is 2.89. The van der Waals surface area contributed by atoms with Gasteiger partial charge in [0.2, 0.25) is 5.95 Å². The van der Waals surface area contributed by atoms with E-state index >= 15 is 0 Å². The number of alkyl carbamates (subject to hydrolysis) is 1. The lowest BCUT2D eigenvalue weighted by Crippen LogP contribution is -2.32. The Morgan fingerprint density at radius 2 is 2.08 bits per heavy atom. The number of anilines is 1. The third kappa shape index (κ3) is 4.13. The zero-order valence-corrected chi connectivity index (χ0v) is 16.4. The maximum absolute atomic E-state index is 12.0. The number of hydrogen-bond acceptors (Lipinski definition) is 5. The van der Waals surface area contributed by atoms with E-state index in [4.69, 9.17) is 10.5 Å². The topological polar surface area (TPSA) is 95.1 Å². The van der Waals surface area contributed by atoms with E-state index in [-0.39, 0.29) is 12.5 Å². The monoisotopic (exact) mass is 417 g/mol. The van der Waals surface area contributed by atoms with E-state index in [0.29, 0.717) is 5.82 Å². The van der Waals surface area contributed by atoms with E-state index in [9.17, 15) is 4.79 Å². The molecule has 0 atom stereocenters. The summed E-state index contributed by atoms with van der Waals surface area (Å²) < 4.78 is 8.19. The number of rotatable bonds is 3. The maximum Gasteiger partial charge on any atom is 0.407 e. The van der Waals surface area contributed by atoms with Crippen molar-refractivity contribution in [1.29, 1.82) is 0 Å². The molecule has 1 aromatic carbocycles. The molecule has 0 unspecified atom stereocenters. The number of hydrogen-bond donors (Lipinski definition) is 2. The fourth-order valence-electron chi connectivity index (χ4n) is 2.60. The molecule has 0 spiro atoms. The van der Waals surface area contributed by atoms with Crippen LogP contribution in [-0.4, -0.2) is 26.2 Å². The molecule has 2 aromatic heterocycles. The first-order valence-electron chi connectivity index (χ1n) is 8.08. The first-order valence-corrected chi connectivity index (χ1v) is 8.88. The lowest BCUT2D eigenvalue weighted by molar-refractivity contribution is 0.0522. The average molecular weight is 418 g/mol. The molecule has 8 heteroatoms. The van der Waals surface area contributed by atoms with Crippen LogP contribution in [0.5, 0.6) is 0 Å². The largest absolute Gasteiger partial charge is 0.444 e. The van der Waals surface area contributed by atoms with E-state index in [0.717, 1.165) is 21.1 Å². The molecule has 0 aliphatic carbocycles. The fourth-order valence-corrected chi connectivity index (χ4v) is 2.95. The summed E-state index contributed by atoms with van der Waals surface area (Å²) in [5.41, 5.74) is 6.99. The van der Waals surface area contributed by atoms with E-state index in [1.807, 2.05) is 49.6 Å². The second-order valence-electron chi connectivity index (χ2n) is 6.80. The second-order valence-corrected chi connectivity index (χ2v) is 7.72. The predicted molar refractivity (Wildman–Crippen MR) is 104 cm³/mol. The van der Waals surface area contributed by atoms with Crippen LogP contribution < -0.4 is 11.1 Å². The molecule has 3 N–H and O–H groups in total. The molecule has 136 valence electrons. The highest BCUT2D eigenvalue weighted by atomic mass is 79.9. The number of ether oxygens (including phenoxy) is 1. The van der Waals surface area contributed by atoms with Crippen molar-refractivity contribution >= 4 is 38.9 Å². The van der Waals surface area contributed by atoms with Crippen molar-refractivity contribution in [3.63, 3.8) is 0 Å². The number of aromatic nitrogens is 3. The molecule has 3 rings (SSSR count). The van der Waals surface area contributed by atoms with Crippen LogP contribution in [0, 0.1) is 0 Å². The van der Waals surface area contributed by atoms with Gasteiger partial charge in [-0.05, 0) is 45.0 Å². The highest BCUT2D eigenvalue weighted by molar-refractivity contribution is 9.10. The summed E-state index contributed by atoms with van der Waals surface area (Å²) in [6, 6.07) is 9.72. The minimum Gasteiger partial charge on any atom is -0.444 e. The zero-order valence-electron chi connectivity index (χ0n) is 14.8. The summed E-state index contributed by atoms with van der Waals surface area (Å²) in [5, 5.41) is 3.81. The van der Waals surface area contributed by atoms with E-state index in [1.54, 1.807) is 12.3 Å². The number of carbonyl (C=O) groups excluding carboxylic acids is 1. The SMILES string of the molecule is CC(C)(C)OC(=O)NCc1cc2ccc(Br)cc2n1-c1ccnc(N)n1. The smallest absolute Gasteiger partial charge is 0.407 e. The predicted octanol–water partition coefficient (Wildman–Crippen LogP) is 3.79. The molecule has 0 fully saturated rings. The first-order chi connectivity index (χ1) is 12.2. The van der Waals surface area contributed by atoms with Gasteiger partial charge in [0, 0.05) is 21.7 Å². The van der Waals surface area contributed by atoms with Crippen LogP contribution in [0.25, 0.3) is 16.7 Å². The number of nitrogen functional groups attached to an aromatic ring is 1. The van der Waals surface area contributed by atoms with Crippen LogP contribution in [0.2, 0.25) is 0 Å². The summed E-state index contributed by atoms with van der Waals surface area (Å²) in [6.45, 7) is 5.76. The van der Waals surface area contributed by atoms with Gasteiger partial charge in [-0.3, -0.25) is 4.57 Å². The Bertz CT molecular complexity index is 962. The normalized spacial score (nSPS) is 11.5.